The second-order valence-electron chi connectivity index (χ2n) is 5.57. The summed E-state index contributed by atoms with van der Waals surface area (Å²) in [4.78, 5) is 6.75. The van der Waals surface area contributed by atoms with Gasteiger partial charge in [0.05, 0.1) is 5.52 Å². The zero-order chi connectivity index (χ0) is 14.0. The molecule has 0 amide bonds. The largest absolute Gasteiger partial charge is 0.377 e. The molecule has 1 aromatic carbocycles. The number of aryl methyl sites for hydroxylation is 1. The smallest absolute Gasteiger partial charge is 0.0726 e. The number of hydrogen-bond donors (Lipinski definition) is 1. The summed E-state index contributed by atoms with van der Waals surface area (Å²) in [5, 5.41) is 1.22. The van der Waals surface area contributed by atoms with E-state index in [1.54, 1.807) is 0 Å². The summed E-state index contributed by atoms with van der Waals surface area (Å²) in [5.74, 6) is 0.513. The molecule has 0 aliphatic rings. The van der Waals surface area contributed by atoms with E-state index in [9.17, 15) is 0 Å². The molecule has 0 saturated carbocycles. The first kappa shape index (κ1) is 13.8. The van der Waals surface area contributed by atoms with Crippen molar-refractivity contribution in [1.29, 1.82) is 0 Å². The Kier molecular flexibility index (Phi) is 4.05. The zero-order valence-electron chi connectivity index (χ0n) is 12.3. The number of benzene rings is 1. The Morgan fingerprint density at radius 2 is 2.00 bits per heavy atom. The SMILES string of the molecule is Cc1cc(N(C)C)c2cc(CC(C)CN)ccc2n1. The van der Waals surface area contributed by atoms with Crippen molar-refractivity contribution in [3.63, 3.8) is 0 Å². The van der Waals surface area contributed by atoms with Gasteiger partial charge in [-0.15, -0.1) is 0 Å². The molecule has 2 rings (SSSR count). The third-order valence-electron chi connectivity index (χ3n) is 3.45. The highest BCUT2D eigenvalue weighted by Gasteiger charge is 2.08. The van der Waals surface area contributed by atoms with Crippen LogP contribution < -0.4 is 10.6 Å². The van der Waals surface area contributed by atoms with E-state index in [1.807, 2.05) is 6.92 Å². The van der Waals surface area contributed by atoms with Crippen LogP contribution in [-0.4, -0.2) is 25.6 Å². The minimum atomic E-state index is 0.513. The standard InChI is InChI=1S/C16H23N3/c1-11(10-17)7-13-5-6-15-14(9-13)16(19(3)4)8-12(2)18-15/h5-6,8-9,11H,7,10,17H2,1-4H3. The van der Waals surface area contributed by atoms with E-state index in [4.69, 9.17) is 5.73 Å². The van der Waals surface area contributed by atoms with Crippen molar-refractivity contribution in [2.24, 2.45) is 11.7 Å². The van der Waals surface area contributed by atoms with Gasteiger partial charge in [-0.25, -0.2) is 0 Å². The zero-order valence-corrected chi connectivity index (χ0v) is 12.3. The van der Waals surface area contributed by atoms with E-state index in [2.05, 4.69) is 55.2 Å². The highest BCUT2D eigenvalue weighted by molar-refractivity contribution is 5.92. The predicted molar refractivity (Wildman–Crippen MR) is 82.7 cm³/mol. The summed E-state index contributed by atoms with van der Waals surface area (Å²) >= 11 is 0. The van der Waals surface area contributed by atoms with Gasteiger partial charge in [0.1, 0.15) is 0 Å². The second-order valence-corrected chi connectivity index (χ2v) is 5.57. The lowest BCUT2D eigenvalue weighted by Crippen LogP contribution is -2.13. The number of hydrogen-bond acceptors (Lipinski definition) is 3. The lowest BCUT2D eigenvalue weighted by Gasteiger charge is -2.17. The molecular weight excluding hydrogens is 234 g/mol. The van der Waals surface area contributed by atoms with Gasteiger partial charge in [0.25, 0.3) is 0 Å². The lowest BCUT2D eigenvalue weighted by molar-refractivity contribution is 0.593. The molecular formula is C16H23N3. The summed E-state index contributed by atoms with van der Waals surface area (Å²) in [7, 11) is 4.15. The van der Waals surface area contributed by atoms with Gasteiger partial charge < -0.3 is 10.6 Å². The minimum Gasteiger partial charge on any atom is -0.377 e. The first-order chi connectivity index (χ1) is 9.01. The molecule has 3 nitrogen and oxygen atoms in total. The van der Waals surface area contributed by atoms with Gasteiger partial charge in [-0.3, -0.25) is 4.98 Å². The average Bonchev–Trinajstić information content (AvgIpc) is 2.37. The Hall–Kier alpha value is -1.61. The average molecular weight is 257 g/mol. The minimum absolute atomic E-state index is 0.513. The molecule has 0 spiro atoms. The van der Waals surface area contributed by atoms with Crippen LogP contribution in [0.1, 0.15) is 18.2 Å². The molecule has 2 aromatic rings. The van der Waals surface area contributed by atoms with Gasteiger partial charge in [-0.05, 0) is 49.6 Å². The van der Waals surface area contributed by atoms with Crippen molar-refractivity contribution in [1.82, 2.24) is 4.98 Å². The first-order valence-electron chi connectivity index (χ1n) is 6.79. The number of nitrogens with zero attached hydrogens (tertiary/aromatic N) is 2. The Balaban J connectivity index is 2.51. The molecule has 0 saturated heterocycles. The van der Waals surface area contributed by atoms with Crippen LogP contribution in [0.25, 0.3) is 10.9 Å². The van der Waals surface area contributed by atoms with Gasteiger partial charge in [0, 0.05) is 30.9 Å². The van der Waals surface area contributed by atoms with Crippen molar-refractivity contribution in [3.8, 4) is 0 Å². The van der Waals surface area contributed by atoms with Crippen LogP contribution in [0.3, 0.4) is 0 Å². The Bertz CT molecular complexity index is 575. The number of nitrogens with two attached hydrogens (primary N) is 1. The number of anilines is 1. The molecule has 1 unspecified atom stereocenters. The summed E-state index contributed by atoms with van der Waals surface area (Å²) in [5.41, 5.74) is 10.4. The first-order valence-corrected chi connectivity index (χ1v) is 6.79. The lowest BCUT2D eigenvalue weighted by atomic mass is 9.99. The fourth-order valence-electron chi connectivity index (χ4n) is 2.37. The maximum absolute atomic E-state index is 5.71. The summed E-state index contributed by atoms with van der Waals surface area (Å²) in [6.07, 6.45) is 1.02. The maximum Gasteiger partial charge on any atom is 0.0726 e. The number of aromatic nitrogens is 1. The van der Waals surface area contributed by atoms with Crippen LogP contribution in [0.2, 0.25) is 0 Å². The molecule has 1 aromatic heterocycles. The van der Waals surface area contributed by atoms with Crippen LogP contribution in [0.15, 0.2) is 24.3 Å². The fourth-order valence-corrected chi connectivity index (χ4v) is 2.37. The molecule has 1 atom stereocenters. The monoisotopic (exact) mass is 257 g/mol. The highest BCUT2D eigenvalue weighted by Crippen LogP contribution is 2.27. The number of pyridine rings is 1. The van der Waals surface area contributed by atoms with Crippen LogP contribution in [0.4, 0.5) is 5.69 Å². The van der Waals surface area contributed by atoms with E-state index < -0.39 is 0 Å². The van der Waals surface area contributed by atoms with Gasteiger partial charge in [-0.1, -0.05) is 13.0 Å². The van der Waals surface area contributed by atoms with E-state index >= 15 is 0 Å². The van der Waals surface area contributed by atoms with Gasteiger partial charge in [-0.2, -0.15) is 0 Å². The predicted octanol–water partition coefficient (Wildman–Crippen LogP) is 2.75. The third kappa shape index (κ3) is 3.04. The van der Waals surface area contributed by atoms with Crippen LogP contribution in [-0.2, 0) is 6.42 Å². The maximum atomic E-state index is 5.71. The fraction of sp³-hybridized carbons (Fsp3) is 0.438. The van der Waals surface area contributed by atoms with Gasteiger partial charge >= 0.3 is 0 Å². The molecule has 19 heavy (non-hydrogen) atoms. The van der Waals surface area contributed by atoms with E-state index in [-0.39, 0.29) is 0 Å². The molecule has 0 aliphatic heterocycles. The number of fused-ring (bicyclic) bond motifs is 1. The topological polar surface area (TPSA) is 42.1 Å². The van der Waals surface area contributed by atoms with Crippen molar-refractivity contribution in [3.05, 3.63) is 35.5 Å². The van der Waals surface area contributed by atoms with Crippen LogP contribution in [0.5, 0.6) is 0 Å². The molecule has 0 radical (unpaired) electrons. The molecule has 3 heteroatoms. The molecule has 0 aliphatic carbocycles. The van der Waals surface area contributed by atoms with Crippen molar-refractivity contribution < 1.29 is 0 Å². The Morgan fingerprint density at radius 3 is 2.63 bits per heavy atom. The van der Waals surface area contributed by atoms with Crippen LogP contribution >= 0.6 is 0 Å². The van der Waals surface area contributed by atoms with Crippen molar-refractivity contribution in [2.45, 2.75) is 20.3 Å². The Morgan fingerprint density at radius 1 is 1.26 bits per heavy atom. The van der Waals surface area contributed by atoms with Crippen molar-refractivity contribution >= 4 is 16.6 Å². The highest BCUT2D eigenvalue weighted by atomic mass is 15.1. The quantitative estimate of drug-likeness (QED) is 0.915. The third-order valence-corrected chi connectivity index (χ3v) is 3.45. The van der Waals surface area contributed by atoms with E-state index in [0.29, 0.717) is 5.92 Å². The summed E-state index contributed by atoms with van der Waals surface area (Å²) in [6, 6.07) is 8.68. The molecule has 1 heterocycles. The summed E-state index contributed by atoms with van der Waals surface area (Å²) in [6.45, 7) is 4.95. The van der Waals surface area contributed by atoms with Crippen LogP contribution in [0, 0.1) is 12.8 Å². The Labute approximate surface area is 115 Å². The van der Waals surface area contributed by atoms with Gasteiger partial charge in [0.2, 0.25) is 0 Å². The molecule has 0 fully saturated rings. The summed E-state index contributed by atoms with van der Waals surface area (Å²) < 4.78 is 0. The van der Waals surface area contributed by atoms with E-state index in [1.165, 1.54) is 16.6 Å². The normalized spacial score (nSPS) is 12.7. The molecule has 2 N–H and O–H groups in total. The van der Waals surface area contributed by atoms with Crippen molar-refractivity contribution in [2.75, 3.05) is 25.5 Å². The van der Waals surface area contributed by atoms with E-state index in [0.717, 1.165) is 24.2 Å². The molecule has 0 bridgehead atoms. The number of rotatable bonds is 4. The molecule has 102 valence electrons. The van der Waals surface area contributed by atoms with Gasteiger partial charge in [0.15, 0.2) is 0 Å². The second kappa shape index (κ2) is 5.57.